The number of nitrogens with one attached hydrogen (secondary N) is 1. The Morgan fingerprint density at radius 1 is 1.31 bits per heavy atom. The molecule has 0 saturated heterocycles. The van der Waals surface area contributed by atoms with E-state index in [-0.39, 0.29) is 0 Å². The van der Waals surface area contributed by atoms with E-state index in [2.05, 4.69) is 10.2 Å². The third-order valence-electron chi connectivity index (χ3n) is 2.10. The van der Waals surface area contributed by atoms with Gasteiger partial charge in [0.1, 0.15) is 0 Å². The first-order valence-electron chi connectivity index (χ1n) is 5.04. The zero-order valence-corrected chi connectivity index (χ0v) is 8.68. The fraction of sp³-hybridized carbons (Fsp3) is 0.700. The first-order valence-corrected chi connectivity index (χ1v) is 5.04. The van der Waals surface area contributed by atoms with Crippen molar-refractivity contribution < 1.29 is 4.74 Å². The van der Waals surface area contributed by atoms with Gasteiger partial charge in [-0.05, 0) is 26.2 Å². The van der Waals surface area contributed by atoms with E-state index in [1.807, 2.05) is 20.8 Å². The molecular weight excluding hydrogens is 164 g/mol. The molecule has 13 heavy (non-hydrogen) atoms. The topological polar surface area (TPSA) is 37.9 Å². The average molecular weight is 182 g/mol. The van der Waals surface area contributed by atoms with Gasteiger partial charge >= 0.3 is 0 Å². The quantitative estimate of drug-likeness (QED) is 0.669. The van der Waals surface area contributed by atoms with E-state index in [0.29, 0.717) is 0 Å². The second kappa shape index (κ2) is 4.90. The summed E-state index contributed by atoms with van der Waals surface area (Å²) in [4.78, 5) is 0. The van der Waals surface area contributed by atoms with Gasteiger partial charge in [0.2, 0.25) is 5.88 Å². The number of rotatable bonds is 0. The summed E-state index contributed by atoms with van der Waals surface area (Å²) < 4.78 is 5.43. The number of fused-ring (bicyclic) bond motifs is 1. The minimum absolute atomic E-state index is 0.817. The number of hydrogen-bond donors (Lipinski definition) is 1. The van der Waals surface area contributed by atoms with Gasteiger partial charge in [0, 0.05) is 11.3 Å². The molecule has 0 bridgehead atoms. The van der Waals surface area contributed by atoms with Crippen LogP contribution in [0.4, 0.5) is 0 Å². The van der Waals surface area contributed by atoms with Gasteiger partial charge in [-0.3, -0.25) is 5.10 Å². The van der Waals surface area contributed by atoms with Crippen LogP contribution in [0.15, 0.2) is 0 Å². The lowest BCUT2D eigenvalue weighted by molar-refractivity contribution is 0.304. The van der Waals surface area contributed by atoms with Gasteiger partial charge in [0.25, 0.3) is 0 Å². The highest BCUT2D eigenvalue weighted by molar-refractivity contribution is 5.30. The first-order chi connectivity index (χ1) is 6.38. The Kier molecular flexibility index (Phi) is 3.80. The molecule has 1 aliphatic rings. The summed E-state index contributed by atoms with van der Waals surface area (Å²) in [6, 6.07) is 0. The third-order valence-corrected chi connectivity index (χ3v) is 2.10. The van der Waals surface area contributed by atoms with Crippen molar-refractivity contribution in [2.45, 2.75) is 40.0 Å². The highest BCUT2D eigenvalue weighted by atomic mass is 16.5. The lowest BCUT2D eigenvalue weighted by Crippen LogP contribution is -1.94. The molecule has 2 rings (SSSR count). The molecule has 1 N–H and O–H groups in total. The summed E-state index contributed by atoms with van der Waals surface area (Å²) in [5.41, 5.74) is 2.42. The van der Waals surface area contributed by atoms with Crippen LogP contribution in [-0.2, 0) is 6.42 Å². The predicted octanol–water partition coefficient (Wildman–Crippen LogP) is 2.46. The highest BCUT2D eigenvalue weighted by Crippen LogP contribution is 2.23. The molecule has 0 unspecified atom stereocenters. The smallest absolute Gasteiger partial charge is 0.236 e. The van der Waals surface area contributed by atoms with Crippen molar-refractivity contribution >= 4 is 0 Å². The summed E-state index contributed by atoms with van der Waals surface area (Å²) in [5.74, 6) is 0.819. The zero-order chi connectivity index (χ0) is 9.68. The molecule has 0 aromatic carbocycles. The van der Waals surface area contributed by atoms with E-state index >= 15 is 0 Å². The normalized spacial score (nSPS) is 14.7. The van der Waals surface area contributed by atoms with Gasteiger partial charge in [0.05, 0.1) is 6.61 Å². The van der Waals surface area contributed by atoms with Crippen LogP contribution in [-0.4, -0.2) is 16.8 Å². The second-order valence-electron chi connectivity index (χ2n) is 2.94. The average Bonchev–Trinajstić information content (AvgIpc) is 2.44. The fourth-order valence-corrected chi connectivity index (χ4v) is 1.42. The van der Waals surface area contributed by atoms with Crippen molar-refractivity contribution in [2.75, 3.05) is 6.61 Å². The minimum atomic E-state index is 0.817. The van der Waals surface area contributed by atoms with Crippen LogP contribution < -0.4 is 4.74 Å². The highest BCUT2D eigenvalue weighted by Gasteiger charge is 2.13. The lowest BCUT2D eigenvalue weighted by atomic mass is 10.1. The Labute approximate surface area is 79.5 Å². The van der Waals surface area contributed by atoms with Crippen LogP contribution >= 0.6 is 0 Å². The number of aromatic amines is 1. The maximum Gasteiger partial charge on any atom is 0.236 e. The van der Waals surface area contributed by atoms with Gasteiger partial charge in [-0.2, -0.15) is 0 Å². The van der Waals surface area contributed by atoms with E-state index in [0.717, 1.165) is 31.0 Å². The predicted molar refractivity (Wildman–Crippen MR) is 53.1 cm³/mol. The zero-order valence-electron chi connectivity index (χ0n) is 8.68. The molecule has 0 amide bonds. The molecule has 1 aromatic heterocycles. The lowest BCUT2D eigenvalue weighted by Gasteiger charge is -1.96. The van der Waals surface area contributed by atoms with Crippen molar-refractivity contribution in [3.8, 4) is 5.88 Å². The molecule has 3 heteroatoms. The Morgan fingerprint density at radius 3 is 2.85 bits per heavy atom. The minimum Gasteiger partial charge on any atom is -0.476 e. The number of H-pyrrole nitrogens is 1. The van der Waals surface area contributed by atoms with Gasteiger partial charge in [0.15, 0.2) is 0 Å². The first kappa shape index (κ1) is 10.1. The second-order valence-corrected chi connectivity index (χ2v) is 2.94. The molecule has 0 spiro atoms. The molecule has 0 atom stereocenters. The molecule has 1 aliphatic heterocycles. The summed E-state index contributed by atoms with van der Waals surface area (Å²) in [6.07, 6.45) is 3.47. The van der Waals surface area contributed by atoms with Crippen LogP contribution in [0.25, 0.3) is 0 Å². The molecule has 0 aliphatic carbocycles. The summed E-state index contributed by atoms with van der Waals surface area (Å²) >= 11 is 0. The van der Waals surface area contributed by atoms with Crippen molar-refractivity contribution in [3.63, 3.8) is 0 Å². The van der Waals surface area contributed by atoms with E-state index in [1.54, 1.807) is 0 Å². The molecule has 1 aromatic rings. The van der Waals surface area contributed by atoms with Crippen molar-refractivity contribution in [2.24, 2.45) is 0 Å². The number of hydrogen-bond acceptors (Lipinski definition) is 2. The third kappa shape index (κ3) is 2.23. The van der Waals surface area contributed by atoms with Crippen molar-refractivity contribution in [3.05, 3.63) is 11.3 Å². The number of aryl methyl sites for hydroxylation is 1. The van der Waals surface area contributed by atoms with Crippen LogP contribution in [0, 0.1) is 6.92 Å². The molecular formula is C10H18N2O. The van der Waals surface area contributed by atoms with Gasteiger partial charge < -0.3 is 4.74 Å². The Balaban J connectivity index is 0.000000396. The monoisotopic (exact) mass is 182 g/mol. The molecule has 0 fully saturated rings. The van der Waals surface area contributed by atoms with Crippen LogP contribution in [0.3, 0.4) is 0 Å². The Morgan fingerprint density at radius 2 is 2.08 bits per heavy atom. The van der Waals surface area contributed by atoms with Gasteiger partial charge in [-0.1, -0.05) is 13.8 Å². The van der Waals surface area contributed by atoms with E-state index in [1.165, 1.54) is 12.0 Å². The molecule has 74 valence electrons. The standard InChI is InChI=1S/C8H12N2O.C2H6/c1-6-7-4-2-3-5-11-8(7)10-9-6;1-2/h2-5H2,1H3,(H,9,10);1-2H3. The van der Waals surface area contributed by atoms with Gasteiger partial charge in [-0.25, -0.2) is 0 Å². The van der Waals surface area contributed by atoms with E-state index in [4.69, 9.17) is 4.74 Å². The van der Waals surface area contributed by atoms with E-state index in [9.17, 15) is 0 Å². The summed E-state index contributed by atoms with van der Waals surface area (Å²) in [7, 11) is 0. The van der Waals surface area contributed by atoms with Crippen LogP contribution in [0.2, 0.25) is 0 Å². The maximum atomic E-state index is 5.43. The number of nitrogens with zero attached hydrogens (tertiary/aromatic N) is 1. The van der Waals surface area contributed by atoms with E-state index < -0.39 is 0 Å². The summed E-state index contributed by atoms with van der Waals surface area (Å²) in [5, 5.41) is 7.00. The summed E-state index contributed by atoms with van der Waals surface area (Å²) in [6.45, 7) is 6.86. The fourth-order valence-electron chi connectivity index (χ4n) is 1.42. The van der Waals surface area contributed by atoms with Crippen molar-refractivity contribution in [1.29, 1.82) is 0 Å². The van der Waals surface area contributed by atoms with Gasteiger partial charge in [-0.15, -0.1) is 5.10 Å². The number of aromatic nitrogens is 2. The largest absolute Gasteiger partial charge is 0.476 e. The van der Waals surface area contributed by atoms with Crippen LogP contribution in [0.5, 0.6) is 5.88 Å². The molecule has 3 nitrogen and oxygen atoms in total. The molecule has 2 heterocycles. The SMILES string of the molecule is CC.Cc1[nH]nc2c1CCCCO2. The number of ether oxygens (including phenoxy) is 1. The Bertz CT molecular complexity index is 255. The van der Waals surface area contributed by atoms with Crippen LogP contribution in [0.1, 0.15) is 37.9 Å². The molecule has 0 radical (unpaired) electrons. The van der Waals surface area contributed by atoms with Crippen molar-refractivity contribution in [1.82, 2.24) is 10.2 Å². The molecule has 0 saturated carbocycles. The Hall–Kier alpha value is -0.990. The maximum absolute atomic E-state index is 5.43.